The lowest BCUT2D eigenvalue weighted by molar-refractivity contribution is -0.144. The van der Waals surface area contributed by atoms with Crippen molar-refractivity contribution in [1.82, 2.24) is 0 Å². The summed E-state index contributed by atoms with van der Waals surface area (Å²) in [5.74, 6) is -0.0873. The van der Waals surface area contributed by atoms with Crippen LogP contribution in [0.15, 0.2) is 0 Å². The molecule has 0 bridgehead atoms. The van der Waals surface area contributed by atoms with Crippen LogP contribution in [0.2, 0.25) is 0 Å². The molecule has 0 atom stereocenters. The lowest BCUT2D eigenvalue weighted by Gasteiger charge is -2.21. The first kappa shape index (κ1) is 12.6. The Kier molecular flexibility index (Phi) is 5.99. The average molecular weight is 204 g/mol. The average Bonchev–Trinajstić information content (AvgIpc) is 2.11. The Bertz CT molecular complexity index is 157. The number of hydrogen-bond acceptors (Lipinski definition) is 3. The van der Waals surface area contributed by atoms with Gasteiger partial charge in [-0.05, 0) is 33.6 Å². The van der Waals surface area contributed by atoms with Crippen LogP contribution in [0.3, 0.4) is 0 Å². The van der Waals surface area contributed by atoms with Gasteiger partial charge >= 0.3 is 0 Å². The second kappa shape index (κ2) is 6.15. The van der Waals surface area contributed by atoms with Gasteiger partial charge in [0.2, 0.25) is 10.5 Å². The molecule has 78 valence electrons. The zero-order chi connectivity index (χ0) is 10.3. The highest BCUT2D eigenvalue weighted by Gasteiger charge is 2.27. The van der Waals surface area contributed by atoms with E-state index in [1.54, 1.807) is 0 Å². The van der Waals surface area contributed by atoms with Crippen LogP contribution in [0.25, 0.3) is 0 Å². The Labute approximate surface area is 83.3 Å². The standard InChI is InChI=1S/C9H20O3Si/c1-4-11-7-5-6-9(2,3)8(10)12-13/h4-7H2,1-3,13H3. The van der Waals surface area contributed by atoms with Crippen LogP contribution in [-0.2, 0) is 14.0 Å². The van der Waals surface area contributed by atoms with Crippen LogP contribution in [0.1, 0.15) is 33.6 Å². The molecule has 0 heterocycles. The fourth-order valence-electron chi connectivity index (χ4n) is 1.14. The van der Waals surface area contributed by atoms with Crippen LogP contribution in [-0.4, -0.2) is 29.7 Å². The molecule has 4 heteroatoms. The van der Waals surface area contributed by atoms with Crippen molar-refractivity contribution in [2.45, 2.75) is 33.6 Å². The second-order valence-electron chi connectivity index (χ2n) is 3.68. The fourth-order valence-corrected chi connectivity index (χ4v) is 1.69. The quantitative estimate of drug-likeness (QED) is 0.471. The van der Waals surface area contributed by atoms with Crippen LogP contribution < -0.4 is 0 Å². The molecule has 0 fully saturated rings. The van der Waals surface area contributed by atoms with E-state index >= 15 is 0 Å². The summed E-state index contributed by atoms with van der Waals surface area (Å²) in [5, 5.41) is 0. The molecule has 0 saturated heterocycles. The maximum Gasteiger partial charge on any atom is 0.297 e. The van der Waals surface area contributed by atoms with Gasteiger partial charge in [-0.3, -0.25) is 4.79 Å². The van der Waals surface area contributed by atoms with Crippen molar-refractivity contribution >= 4 is 16.5 Å². The molecule has 0 saturated carbocycles. The zero-order valence-electron chi connectivity index (χ0n) is 9.05. The molecule has 0 aromatic heterocycles. The Morgan fingerprint density at radius 3 is 2.54 bits per heavy atom. The molecule has 0 unspecified atom stereocenters. The van der Waals surface area contributed by atoms with Gasteiger partial charge in [0.1, 0.15) is 0 Å². The molecule has 0 aliphatic rings. The lowest BCUT2D eigenvalue weighted by atomic mass is 9.88. The van der Waals surface area contributed by atoms with Gasteiger partial charge < -0.3 is 9.16 Å². The van der Waals surface area contributed by atoms with Crippen LogP contribution in [0, 0.1) is 5.41 Å². The van der Waals surface area contributed by atoms with Crippen molar-refractivity contribution in [1.29, 1.82) is 0 Å². The van der Waals surface area contributed by atoms with Crippen molar-refractivity contribution < 1.29 is 14.0 Å². The highest BCUT2D eigenvalue weighted by molar-refractivity contribution is 6.06. The summed E-state index contributed by atoms with van der Waals surface area (Å²) >= 11 is 0. The smallest absolute Gasteiger partial charge is 0.297 e. The van der Waals surface area contributed by atoms with Crippen LogP contribution in [0.5, 0.6) is 0 Å². The van der Waals surface area contributed by atoms with Crippen LogP contribution in [0.4, 0.5) is 0 Å². The minimum absolute atomic E-state index is 0.0873. The van der Waals surface area contributed by atoms with Gasteiger partial charge in [-0.15, -0.1) is 0 Å². The third kappa shape index (κ3) is 5.05. The number of carbonyl (C=O) groups excluding carboxylic acids is 1. The Hall–Kier alpha value is -0.353. The molecule has 0 spiro atoms. The van der Waals surface area contributed by atoms with Gasteiger partial charge in [-0.2, -0.15) is 0 Å². The van der Waals surface area contributed by atoms with Gasteiger partial charge in [-0.25, -0.2) is 0 Å². The summed E-state index contributed by atoms with van der Waals surface area (Å²) < 4.78 is 10.0. The van der Waals surface area contributed by atoms with E-state index in [1.807, 2.05) is 20.8 Å². The normalized spacial score (nSPS) is 11.6. The summed E-state index contributed by atoms with van der Waals surface area (Å²) in [6.45, 7) is 7.27. The van der Waals surface area contributed by atoms with Crippen molar-refractivity contribution in [2.24, 2.45) is 5.41 Å². The van der Waals surface area contributed by atoms with E-state index in [0.717, 1.165) is 26.1 Å². The van der Waals surface area contributed by atoms with E-state index in [4.69, 9.17) is 9.16 Å². The Morgan fingerprint density at radius 2 is 2.08 bits per heavy atom. The van der Waals surface area contributed by atoms with Gasteiger partial charge in [0.25, 0.3) is 5.97 Å². The Morgan fingerprint density at radius 1 is 1.46 bits per heavy atom. The Balaban J connectivity index is 3.69. The van der Waals surface area contributed by atoms with E-state index in [2.05, 4.69) is 0 Å². The third-order valence-corrected chi connectivity index (χ3v) is 2.40. The molecule has 0 aliphatic carbocycles. The van der Waals surface area contributed by atoms with Gasteiger partial charge in [0, 0.05) is 13.2 Å². The molecule has 13 heavy (non-hydrogen) atoms. The second-order valence-corrected chi connectivity index (χ2v) is 4.08. The highest BCUT2D eigenvalue weighted by Crippen LogP contribution is 2.23. The minimum Gasteiger partial charge on any atom is -0.528 e. The summed E-state index contributed by atoms with van der Waals surface area (Å²) in [7, 11) is 0.483. The highest BCUT2D eigenvalue weighted by atomic mass is 28.2. The van der Waals surface area contributed by atoms with E-state index in [-0.39, 0.29) is 11.4 Å². The first-order valence-corrected chi connectivity index (χ1v) is 5.52. The van der Waals surface area contributed by atoms with Crippen molar-refractivity contribution in [2.75, 3.05) is 13.2 Å². The van der Waals surface area contributed by atoms with Crippen molar-refractivity contribution in [3.05, 3.63) is 0 Å². The first-order chi connectivity index (χ1) is 6.04. The van der Waals surface area contributed by atoms with E-state index in [0.29, 0.717) is 10.5 Å². The van der Waals surface area contributed by atoms with E-state index < -0.39 is 0 Å². The lowest BCUT2D eigenvalue weighted by Crippen LogP contribution is -2.26. The molecule has 0 aromatic carbocycles. The summed E-state index contributed by atoms with van der Waals surface area (Å²) in [6, 6.07) is 0. The monoisotopic (exact) mass is 204 g/mol. The zero-order valence-corrected chi connectivity index (χ0v) is 11.1. The summed E-state index contributed by atoms with van der Waals surface area (Å²) in [6.07, 6.45) is 1.74. The number of ether oxygens (including phenoxy) is 1. The molecule has 3 nitrogen and oxygen atoms in total. The number of rotatable bonds is 6. The molecule has 0 rings (SSSR count). The predicted molar refractivity (Wildman–Crippen MR) is 55.5 cm³/mol. The SMILES string of the molecule is CCOCCCC(C)(C)C(=O)O[SiH3]. The molecule has 0 aromatic rings. The summed E-state index contributed by atoms with van der Waals surface area (Å²) in [4.78, 5) is 11.3. The largest absolute Gasteiger partial charge is 0.528 e. The van der Waals surface area contributed by atoms with Crippen molar-refractivity contribution in [3.63, 3.8) is 0 Å². The van der Waals surface area contributed by atoms with Gasteiger partial charge in [0.15, 0.2) is 0 Å². The van der Waals surface area contributed by atoms with E-state index in [1.165, 1.54) is 0 Å². The van der Waals surface area contributed by atoms with Crippen LogP contribution >= 0.6 is 0 Å². The van der Waals surface area contributed by atoms with Gasteiger partial charge in [-0.1, -0.05) is 0 Å². The molecular formula is C9H20O3Si. The van der Waals surface area contributed by atoms with Crippen molar-refractivity contribution in [3.8, 4) is 0 Å². The van der Waals surface area contributed by atoms with Gasteiger partial charge in [0.05, 0.1) is 5.41 Å². The maximum absolute atomic E-state index is 11.3. The first-order valence-electron chi connectivity index (χ1n) is 4.70. The minimum atomic E-state index is -0.348. The summed E-state index contributed by atoms with van der Waals surface area (Å²) in [5.41, 5.74) is -0.348. The number of hydrogen-bond donors (Lipinski definition) is 0. The molecule has 0 amide bonds. The third-order valence-electron chi connectivity index (χ3n) is 2.03. The molecular weight excluding hydrogens is 184 g/mol. The topological polar surface area (TPSA) is 35.5 Å². The molecule has 0 aliphatic heterocycles. The van der Waals surface area contributed by atoms with E-state index in [9.17, 15) is 4.79 Å². The fraction of sp³-hybridized carbons (Fsp3) is 0.889. The number of carbonyl (C=O) groups is 1. The predicted octanol–water partition coefficient (Wildman–Crippen LogP) is 0.653. The maximum atomic E-state index is 11.3. The molecule has 0 radical (unpaired) electrons. The molecule has 0 N–H and O–H groups in total.